The van der Waals surface area contributed by atoms with Gasteiger partial charge in [-0.3, -0.25) is 4.79 Å². The molecule has 16 heavy (non-hydrogen) atoms. The lowest BCUT2D eigenvalue weighted by Crippen LogP contribution is -2.33. The molecule has 0 rings (SSSR count). The Morgan fingerprint density at radius 3 is 2.44 bits per heavy atom. The molecule has 0 saturated carbocycles. The molecule has 0 aliphatic carbocycles. The van der Waals surface area contributed by atoms with E-state index in [0.717, 1.165) is 26.1 Å². The maximum Gasteiger partial charge on any atom is 0.223 e. The molecule has 0 heterocycles. The fraction of sp³-hybridized carbons (Fsp3) is 0.833. The third kappa shape index (κ3) is 6.41. The number of rotatable bonds is 8. The number of amides is 1. The summed E-state index contributed by atoms with van der Waals surface area (Å²) in [4.78, 5) is 15.6. The van der Waals surface area contributed by atoms with Crippen molar-refractivity contribution in [3.05, 3.63) is 0 Å². The van der Waals surface area contributed by atoms with Crippen LogP contribution in [0.5, 0.6) is 0 Å². The van der Waals surface area contributed by atoms with E-state index in [4.69, 9.17) is 5.26 Å². The Morgan fingerprint density at radius 1 is 1.25 bits per heavy atom. The largest absolute Gasteiger partial charge is 0.345 e. The maximum absolute atomic E-state index is 11.7. The van der Waals surface area contributed by atoms with E-state index in [1.54, 1.807) is 11.9 Å². The van der Waals surface area contributed by atoms with Crippen molar-refractivity contribution in [2.45, 2.75) is 33.1 Å². The summed E-state index contributed by atoms with van der Waals surface area (Å²) < 4.78 is 0. The van der Waals surface area contributed by atoms with Crippen LogP contribution in [0.3, 0.4) is 0 Å². The fourth-order valence-corrected chi connectivity index (χ4v) is 1.53. The predicted octanol–water partition coefficient (Wildman–Crippen LogP) is 1.48. The van der Waals surface area contributed by atoms with Crippen molar-refractivity contribution in [2.75, 3.05) is 33.2 Å². The Balaban J connectivity index is 3.82. The van der Waals surface area contributed by atoms with E-state index in [9.17, 15) is 4.79 Å². The van der Waals surface area contributed by atoms with Gasteiger partial charge in [0.1, 0.15) is 0 Å². The van der Waals surface area contributed by atoms with Crippen LogP contribution in [0, 0.1) is 11.3 Å². The molecule has 92 valence electrons. The zero-order valence-electron chi connectivity index (χ0n) is 10.7. The highest BCUT2D eigenvalue weighted by molar-refractivity contribution is 5.76. The lowest BCUT2D eigenvalue weighted by atomic mass is 10.3. The molecule has 4 nitrogen and oxygen atoms in total. The van der Waals surface area contributed by atoms with Gasteiger partial charge >= 0.3 is 0 Å². The van der Waals surface area contributed by atoms with Crippen molar-refractivity contribution < 1.29 is 4.79 Å². The van der Waals surface area contributed by atoms with E-state index in [2.05, 4.69) is 18.7 Å². The number of nitrogens with zero attached hydrogens (tertiary/aromatic N) is 3. The minimum absolute atomic E-state index is 0.129. The lowest BCUT2D eigenvalue weighted by Gasteiger charge is -2.21. The molecule has 0 aromatic rings. The molecule has 0 spiro atoms. The van der Waals surface area contributed by atoms with Gasteiger partial charge in [-0.25, -0.2) is 0 Å². The van der Waals surface area contributed by atoms with Crippen molar-refractivity contribution in [2.24, 2.45) is 0 Å². The average molecular weight is 225 g/mol. The summed E-state index contributed by atoms with van der Waals surface area (Å²) in [5.74, 6) is 0.129. The molecule has 0 aliphatic heterocycles. The summed E-state index contributed by atoms with van der Waals surface area (Å²) in [5, 5.41) is 8.43. The van der Waals surface area contributed by atoms with Crippen LogP contribution in [0.25, 0.3) is 0 Å². The first-order valence-electron chi connectivity index (χ1n) is 5.98. The molecule has 0 atom stereocenters. The van der Waals surface area contributed by atoms with Gasteiger partial charge < -0.3 is 9.80 Å². The highest BCUT2D eigenvalue weighted by atomic mass is 16.2. The normalized spacial score (nSPS) is 10.2. The number of hydrogen-bond donors (Lipinski definition) is 0. The van der Waals surface area contributed by atoms with Crippen molar-refractivity contribution in [3.8, 4) is 6.07 Å². The molecule has 0 aromatic heterocycles. The van der Waals surface area contributed by atoms with E-state index >= 15 is 0 Å². The Morgan fingerprint density at radius 2 is 1.94 bits per heavy atom. The third-order valence-electron chi connectivity index (χ3n) is 2.61. The van der Waals surface area contributed by atoms with Gasteiger partial charge in [0.2, 0.25) is 5.91 Å². The molecule has 1 amide bonds. The Labute approximate surface area is 98.8 Å². The Hall–Kier alpha value is -1.08. The van der Waals surface area contributed by atoms with Crippen LogP contribution < -0.4 is 0 Å². The second kappa shape index (κ2) is 9.17. The summed E-state index contributed by atoms with van der Waals surface area (Å²) in [7, 11) is 1.76. The van der Waals surface area contributed by atoms with E-state index in [0.29, 0.717) is 19.4 Å². The molecular formula is C12H23N3O. The van der Waals surface area contributed by atoms with Gasteiger partial charge in [0.15, 0.2) is 0 Å². The molecule has 0 bridgehead atoms. The number of hydrogen-bond acceptors (Lipinski definition) is 3. The highest BCUT2D eigenvalue weighted by Gasteiger charge is 2.10. The molecule has 0 unspecified atom stereocenters. The molecular weight excluding hydrogens is 202 g/mol. The molecule has 0 radical (unpaired) electrons. The Bertz CT molecular complexity index is 235. The van der Waals surface area contributed by atoms with Crippen LogP contribution in [0.2, 0.25) is 0 Å². The van der Waals surface area contributed by atoms with E-state index in [1.807, 2.05) is 6.07 Å². The second-order valence-corrected chi connectivity index (χ2v) is 3.91. The van der Waals surface area contributed by atoms with Gasteiger partial charge in [0.05, 0.1) is 12.5 Å². The van der Waals surface area contributed by atoms with E-state index in [1.165, 1.54) is 0 Å². The zero-order valence-corrected chi connectivity index (χ0v) is 10.7. The van der Waals surface area contributed by atoms with Gasteiger partial charge in [0, 0.05) is 26.6 Å². The Kier molecular flexibility index (Phi) is 8.55. The third-order valence-corrected chi connectivity index (χ3v) is 2.61. The van der Waals surface area contributed by atoms with E-state index in [-0.39, 0.29) is 5.91 Å². The number of carbonyl (C=O) groups is 1. The SMILES string of the molecule is CCCN(CC)CCC(=O)N(C)CCC#N. The maximum atomic E-state index is 11.7. The first-order valence-corrected chi connectivity index (χ1v) is 5.98. The first kappa shape index (κ1) is 14.9. The summed E-state index contributed by atoms with van der Waals surface area (Å²) in [5.41, 5.74) is 0. The standard InChI is InChI=1S/C12H23N3O/c1-4-9-15(5-2)11-7-12(16)14(3)10-6-8-13/h4-7,9-11H2,1-3H3. The van der Waals surface area contributed by atoms with Crippen LogP contribution in [0.1, 0.15) is 33.1 Å². The highest BCUT2D eigenvalue weighted by Crippen LogP contribution is 1.97. The number of nitriles is 1. The minimum Gasteiger partial charge on any atom is -0.345 e. The zero-order chi connectivity index (χ0) is 12.4. The van der Waals surface area contributed by atoms with Crippen LogP contribution in [0.4, 0.5) is 0 Å². The van der Waals surface area contributed by atoms with Crippen LogP contribution in [0.15, 0.2) is 0 Å². The summed E-state index contributed by atoms with van der Waals surface area (Å²) in [6.45, 7) is 7.65. The smallest absolute Gasteiger partial charge is 0.223 e. The van der Waals surface area contributed by atoms with Gasteiger partial charge in [-0.15, -0.1) is 0 Å². The topological polar surface area (TPSA) is 47.3 Å². The summed E-state index contributed by atoms with van der Waals surface area (Å²) >= 11 is 0. The predicted molar refractivity (Wildman–Crippen MR) is 64.9 cm³/mol. The van der Waals surface area contributed by atoms with E-state index < -0.39 is 0 Å². The molecule has 0 aromatic carbocycles. The van der Waals surface area contributed by atoms with Crippen LogP contribution >= 0.6 is 0 Å². The van der Waals surface area contributed by atoms with Gasteiger partial charge in [-0.05, 0) is 19.5 Å². The van der Waals surface area contributed by atoms with Crippen molar-refractivity contribution >= 4 is 5.91 Å². The molecule has 0 aliphatic rings. The first-order chi connectivity index (χ1) is 7.65. The van der Waals surface area contributed by atoms with Gasteiger partial charge in [0.25, 0.3) is 0 Å². The van der Waals surface area contributed by atoms with Crippen molar-refractivity contribution in [3.63, 3.8) is 0 Å². The van der Waals surface area contributed by atoms with Gasteiger partial charge in [-0.1, -0.05) is 13.8 Å². The molecule has 0 N–H and O–H groups in total. The van der Waals surface area contributed by atoms with Crippen molar-refractivity contribution in [1.29, 1.82) is 5.26 Å². The second-order valence-electron chi connectivity index (χ2n) is 3.91. The van der Waals surface area contributed by atoms with Crippen LogP contribution in [-0.4, -0.2) is 48.9 Å². The monoisotopic (exact) mass is 225 g/mol. The molecule has 0 saturated heterocycles. The fourth-order valence-electron chi connectivity index (χ4n) is 1.53. The minimum atomic E-state index is 0.129. The number of carbonyl (C=O) groups excluding carboxylic acids is 1. The summed E-state index contributed by atoms with van der Waals surface area (Å²) in [6, 6.07) is 2.05. The van der Waals surface area contributed by atoms with Gasteiger partial charge in [-0.2, -0.15) is 5.26 Å². The van der Waals surface area contributed by atoms with Crippen LogP contribution in [-0.2, 0) is 4.79 Å². The molecule has 0 fully saturated rings. The average Bonchev–Trinajstić information content (AvgIpc) is 2.30. The van der Waals surface area contributed by atoms with Crippen molar-refractivity contribution in [1.82, 2.24) is 9.80 Å². The quantitative estimate of drug-likeness (QED) is 0.628. The lowest BCUT2D eigenvalue weighted by molar-refractivity contribution is -0.130. The summed E-state index contributed by atoms with van der Waals surface area (Å²) in [6.07, 6.45) is 2.08. The molecule has 4 heteroatoms.